The van der Waals surface area contributed by atoms with Crippen molar-refractivity contribution in [3.05, 3.63) is 45.7 Å². The summed E-state index contributed by atoms with van der Waals surface area (Å²) in [4.78, 5) is 16.8. The molecule has 8 nitrogen and oxygen atoms in total. The van der Waals surface area contributed by atoms with Crippen molar-refractivity contribution < 1.29 is 14.3 Å². The molecule has 0 unspecified atom stereocenters. The van der Waals surface area contributed by atoms with E-state index < -0.39 is 5.91 Å². The van der Waals surface area contributed by atoms with Crippen molar-refractivity contribution in [2.24, 2.45) is 10.1 Å². The molecule has 2 aromatic rings. The Morgan fingerprint density at radius 2 is 1.91 bits per heavy atom. The van der Waals surface area contributed by atoms with Gasteiger partial charge >= 0.3 is 0 Å². The smallest absolute Gasteiger partial charge is 0.283 e. The van der Waals surface area contributed by atoms with Crippen molar-refractivity contribution in [3.8, 4) is 17.2 Å². The van der Waals surface area contributed by atoms with Crippen LogP contribution in [0.15, 0.2) is 33.9 Å². The van der Waals surface area contributed by atoms with E-state index in [2.05, 4.69) is 10.1 Å². The molecule has 1 aromatic heterocycles. The highest BCUT2D eigenvalue weighted by Gasteiger charge is 2.35. The number of hydrogen-bond donors (Lipinski definition) is 1. The summed E-state index contributed by atoms with van der Waals surface area (Å²) >= 11 is 7.70. The zero-order valence-corrected chi connectivity index (χ0v) is 19.9. The van der Waals surface area contributed by atoms with E-state index in [9.17, 15) is 4.79 Å². The van der Waals surface area contributed by atoms with Crippen molar-refractivity contribution >= 4 is 51.4 Å². The Morgan fingerprint density at radius 1 is 1.19 bits per heavy atom. The normalized spacial score (nSPS) is 16.9. The van der Waals surface area contributed by atoms with Crippen LogP contribution in [0.3, 0.4) is 0 Å². The van der Waals surface area contributed by atoms with Crippen LogP contribution >= 0.6 is 23.4 Å². The van der Waals surface area contributed by atoms with Crippen LogP contribution in [-0.4, -0.2) is 45.7 Å². The maximum atomic E-state index is 12.7. The van der Waals surface area contributed by atoms with Crippen molar-refractivity contribution in [2.45, 2.75) is 27.2 Å². The number of aliphatic imine (C=N–C) groups is 1. The van der Waals surface area contributed by atoms with Crippen LogP contribution in [0, 0.1) is 19.3 Å². The molecule has 0 radical (unpaired) electrons. The van der Waals surface area contributed by atoms with Gasteiger partial charge in [-0.05, 0) is 55.8 Å². The average Bonchev–Trinajstić information content (AvgIpc) is 3.31. The van der Waals surface area contributed by atoms with Crippen LogP contribution in [0.4, 0.5) is 0 Å². The number of halogens is 1. The van der Waals surface area contributed by atoms with Gasteiger partial charge in [-0.3, -0.25) is 10.2 Å². The lowest BCUT2D eigenvalue weighted by atomic mass is 10.1. The van der Waals surface area contributed by atoms with E-state index in [1.807, 2.05) is 31.4 Å². The molecule has 0 saturated carbocycles. The first-order valence-electron chi connectivity index (χ1n) is 9.89. The van der Waals surface area contributed by atoms with Crippen molar-refractivity contribution in [1.29, 1.82) is 5.41 Å². The van der Waals surface area contributed by atoms with Gasteiger partial charge in [-0.2, -0.15) is 15.1 Å². The maximum absolute atomic E-state index is 12.7. The molecule has 1 aromatic carbocycles. The zero-order chi connectivity index (χ0) is 23.2. The second-order valence-electron chi connectivity index (χ2n) is 7.19. The highest BCUT2D eigenvalue weighted by molar-refractivity contribution is 8.26. The number of rotatable bonds is 5. The number of ether oxygens (including phenoxy) is 2. The molecule has 0 spiro atoms. The standard InChI is InChI=1S/C22H22ClN5O3S/c1-6-19-26-28-20(24)14(21(29)25-22(28)32-19)8-13-7-11(2)27(12(13)3)16-9-15(23)17(30-4)10-18(16)31-5/h7-10,24H,6H2,1-5H3/b14-8-,24-20?. The van der Waals surface area contributed by atoms with Crippen LogP contribution in [-0.2, 0) is 4.79 Å². The van der Waals surface area contributed by atoms with E-state index in [-0.39, 0.29) is 11.4 Å². The summed E-state index contributed by atoms with van der Waals surface area (Å²) in [6.07, 6.45) is 2.40. The van der Waals surface area contributed by atoms with Crippen LogP contribution < -0.4 is 9.47 Å². The Kier molecular flexibility index (Phi) is 5.87. The van der Waals surface area contributed by atoms with Gasteiger partial charge in [0, 0.05) is 17.5 Å². The van der Waals surface area contributed by atoms with E-state index in [0.29, 0.717) is 28.1 Å². The number of carbonyl (C=O) groups is 1. The number of nitrogens with one attached hydrogen (secondary N) is 1. The third-order valence-corrected chi connectivity index (χ3v) is 6.61. The molecule has 10 heteroatoms. The fraction of sp³-hybridized carbons (Fsp3) is 0.273. The molecule has 166 valence electrons. The minimum absolute atomic E-state index is 0.0193. The topological polar surface area (TPSA) is 92.3 Å². The number of hydrazone groups is 1. The Bertz CT molecular complexity index is 1240. The van der Waals surface area contributed by atoms with Crippen LogP contribution in [0.5, 0.6) is 11.5 Å². The number of hydrogen-bond acceptors (Lipinski definition) is 6. The lowest BCUT2D eigenvalue weighted by Gasteiger charge is -2.20. The molecular formula is C22H22ClN5O3S. The maximum Gasteiger partial charge on any atom is 0.283 e. The van der Waals surface area contributed by atoms with Gasteiger partial charge < -0.3 is 14.0 Å². The Balaban J connectivity index is 1.79. The van der Waals surface area contributed by atoms with Gasteiger partial charge in [-0.25, -0.2) is 0 Å². The number of aromatic nitrogens is 1. The quantitative estimate of drug-likeness (QED) is 0.632. The van der Waals surface area contributed by atoms with Crippen LogP contribution in [0.2, 0.25) is 5.02 Å². The summed E-state index contributed by atoms with van der Waals surface area (Å²) in [6.45, 7) is 5.86. The monoisotopic (exact) mass is 471 g/mol. The number of fused-ring (bicyclic) bond motifs is 1. The number of carbonyl (C=O) groups excluding carboxylic acids is 1. The molecular weight excluding hydrogens is 450 g/mol. The van der Waals surface area contributed by atoms with Crippen molar-refractivity contribution in [3.63, 3.8) is 0 Å². The fourth-order valence-corrected chi connectivity index (χ4v) is 4.71. The van der Waals surface area contributed by atoms with Gasteiger partial charge in [-0.15, -0.1) is 0 Å². The van der Waals surface area contributed by atoms with Gasteiger partial charge in [0.15, 0.2) is 5.84 Å². The molecule has 3 heterocycles. The summed E-state index contributed by atoms with van der Waals surface area (Å²) in [5.74, 6) is 0.683. The molecule has 0 bridgehead atoms. The van der Waals surface area contributed by atoms with E-state index in [4.69, 9.17) is 26.5 Å². The molecule has 0 aliphatic carbocycles. The van der Waals surface area contributed by atoms with Crippen LogP contribution in [0.1, 0.15) is 30.3 Å². The number of aryl methyl sites for hydroxylation is 1. The molecule has 1 N–H and O–H groups in total. The summed E-state index contributed by atoms with van der Waals surface area (Å²) in [7, 11) is 3.13. The molecule has 0 saturated heterocycles. The summed E-state index contributed by atoms with van der Waals surface area (Å²) in [5, 5.41) is 16.0. The highest BCUT2D eigenvalue weighted by atomic mass is 35.5. The van der Waals surface area contributed by atoms with E-state index >= 15 is 0 Å². The van der Waals surface area contributed by atoms with E-state index in [1.54, 1.807) is 32.4 Å². The summed E-state index contributed by atoms with van der Waals surface area (Å²) in [5.41, 5.74) is 3.50. The number of amides is 1. The number of nitrogens with zero attached hydrogens (tertiary/aromatic N) is 4. The van der Waals surface area contributed by atoms with Crippen molar-refractivity contribution in [1.82, 2.24) is 9.58 Å². The predicted octanol–water partition coefficient (Wildman–Crippen LogP) is 4.79. The minimum atomic E-state index is -0.448. The lowest BCUT2D eigenvalue weighted by Crippen LogP contribution is -2.35. The lowest BCUT2D eigenvalue weighted by molar-refractivity contribution is -0.114. The first-order chi connectivity index (χ1) is 15.3. The molecule has 4 rings (SSSR count). The third kappa shape index (κ3) is 3.61. The van der Waals surface area contributed by atoms with Gasteiger partial charge in [0.1, 0.15) is 16.5 Å². The zero-order valence-electron chi connectivity index (χ0n) is 18.3. The Morgan fingerprint density at radius 3 is 2.56 bits per heavy atom. The number of methoxy groups -OCH3 is 2. The number of thioether (sulfide) groups is 1. The largest absolute Gasteiger partial charge is 0.495 e. The number of benzene rings is 1. The molecule has 0 atom stereocenters. The number of amidine groups is 2. The average molecular weight is 472 g/mol. The summed E-state index contributed by atoms with van der Waals surface area (Å²) in [6, 6.07) is 5.46. The SMILES string of the molecule is CCC1=NN2C(=N)/C(=C/c3cc(C)n(-c4cc(Cl)c(OC)cc4OC)c3C)C(=O)N=C2S1. The second kappa shape index (κ2) is 8.48. The van der Waals surface area contributed by atoms with Gasteiger partial charge in [0.25, 0.3) is 5.91 Å². The molecule has 0 fully saturated rings. The van der Waals surface area contributed by atoms with E-state index in [1.165, 1.54) is 16.8 Å². The Hall–Kier alpha value is -3.04. The molecule has 32 heavy (non-hydrogen) atoms. The molecule has 1 amide bonds. The molecule has 2 aliphatic heterocycles. The van der Waals surface area contributed by atoms with Gasteiger partial charge in [-0.1, -0.05) is 18.5 Å². The van der Waals surface area contributed by atoms with E-state index in [0.717, 1.165) is 27.7 Å². The van der Waals surface area contributed by atoms with Crippen molar-refractivity contribution in [2.75, 3.05) is 14.2 Å². The highest BCUT2D eigenvalue weighted by Crippen LogP contribution is 2.37. The van der Waals surface area contributed by atoms with Gasteiger partial charge in [0.2, 0.25) is 5.17 Å². The third-order valence-electron chi connectivity index (χ3n) is 5.26. The molecule has 2 aliphatic rings. The van der Waals surface area contributed by atoms with Crippen LogP contribution in [0.25, 0.3) is 11.8 Å². The first-order valence-corrected chi connectivity index (χ1v) is 11.1. The van der Waals surface area contributed by atoms with Gasteiger partial charge in [0.05, 0.1) is 30.5 Å². The Labute approximate surface area is 195 Å². The first kappa shape index (κ1) is 22.2. The second-order valence-corrected chi connectivity index (χ2v) is 8.64. The summed E-state index contributed by atoms with van der Waals surface area (Å²) < 4.78 is 12.8. The minimum Gasteiger partial charge on any atom is -0.495 e. The predicted molar refractivity (Wildman–Crippen MR) is 129 cm³/mol. The fourth-order valence-electron chi connectivity index (χ4n) is 3.65.